The molecule has 0 aliphatic carbocycles. The first-order valence-electron chi connectivity index (χ1n) is 5.45. The lowest BCUT2D eigenvalue weighted by atomic mass is 10.2. The standard InChI is InChI=1S/C11H18N4O/c1-4-5-9(16)7-13-11-10(6-12)8(2)14-15(11)3/h9,13,16H,4-5,7H2,1-3H3. The largest absolute Gasteiger partial charge is 0.391 e. The molecule has 0 saturated heterocycles. The van der Waals surface area contributed by atoms with Crippen molar-refractivity contribution in [3.63, 3.8) is 0 Å². The maximum absolute atomic E-state index is 9.60. The normalized spacial score (nSPS) is 12.2. The molecule has 0 spiro atoms. The van der Waals surface area contributed by atoms with Gasteiger partial charge in [0.2, 0.25) is 0 Å². The number of hydrogen-bond acceptors (Lipinski definition) is 4. The van der Waals surface area contributed by atoms with E-state index in [2.05, 4.69) is 16.5 Å². The third-order valence-corrected chi connectivity index (χ3v) is 2.46. The Hall–Kier alpha value is -1.54. The van der Waals surface area contributed by atoms with Gasteiger partial charge in [-0.1, -0.05) is 13.3 Å². The lowest BCUT2D eigenvalue weighted by Gasteiger charge is -2.11. The number of nitriles is 1. The molecule has 1 atom stereocenters. The molecular weight excluding hydrogens is 204 g/mol. The average molecular weight is 222 g/mol. The van der Waals surface area contributed by atoms with E-state index in [4.69, 9.17) is 5.26 Å². The molecule has 0 aromatic carbocycles. The highest BCUT2D eigenvalue weighted by Gasteiger charge is 2.13. The highest BCUT2D eigenvalue weighted by molar-refractivity contribution is 5.54. The minimum absolute atomic E-state index is 0.383. The first-order valence-corrected chi connectivity index (χ1v) is 5.45. The van der Waals surface area contributed by atoms with Crippen LogP contribution in [0, 0.1) is 18.3 Å². The molecule has 5 heteroatoms. The Morgan fingerprint density at radius 1 is 1.62 bits per heavy atom. The zero-order valence-electron chi connectivity index (χ0n) is 9.99. The Kier molecular flexibility index (Phi) is 4.32. The molecule has 88 valence electrons. The molecule has 1 rings (SSSR count). The smallest absolute Gasteiger partial charge is 0.142 e. The molecule has 0 aliphatic heterocycles. The van der Waals surface area contributed by atoms with Gasteiger partial charge in [0.15, 0.2) is 0 Å². The number of nitrogens with one attached hydrogen (secondary N) is 1. The first-order chi connectivity index (χ1) is 7.60. The summed E-state index contributed by atoms with van der Waals surface area (Å²) >= 11 is 0. The molecule has 1 heterocycles. The fourth-order valence-electron chi connectivity index (χ4n) is 1.64. The van der Waals surface area contributed by atoms with Crippen LogP contribution in [0.15, 0.2) is 0 Å². The van der Waals surface area contributed by atoms with Crippen LogP contribution in [0.2, 0.25) is 0 Å². The number of hydrogen-bond donors (Lipinski definition) is 2. The van der Waals surface area contributed by atoms with E-state index in [0.717, 1.165) is 12.8 Å². The van der Waals surface area contributed by atoms with E-state index < -0.39 is 0 Å². The summed E-state index contributed by atoms with van der Waals surface area (Å²) in [7, 11) is 1.78. The minimum atomic E-state index is -0.383. The first kappa shape index (κ1) is 12.5. The monoisotopic (exact) mass is 222 g/mol. The van der Waals surface area contributed by atoms with Crippen molar-refractivity contribution in [3.05, 3.63) is 11.3 Å². The number of nitrogens with zero attached hydrogens (tertiary/aromatic N) is 3. The molecule has 2 N–H and O–H groups in total. The molecule has 0 saturated carbocycles. The van der Waals surface area contributed by atoms with E-state index in [9.17, 15) is 5.11 Å². The second kappa shape index (κ2) is 5.52. The topological polar surface area (TPSA) is 73.9 Å². The van der Waals surface area contributed by atoms with Crippen molar-refractivity contribution in [3.8, 4) is 6.07 Å². The van der Waals surface area contributed by atoms with Crippen LogP contribution in [0.1, 0.15) is 31.0 Å². The molecule has 5 nitrogen and oxygen atoms in total. The molecule has 0 aliphatic rings. The van der Waals surface area contributed by atoms with E-state index >= 15 is 0 Å². The number of aliphatic hydroxyl groups excluding tert-OH is 1. The van der Waals surface area contributed by atoms with Crippen LogP contribution >= 0.6 is 0 Å². The summed E-state index contributed by atoms with van der Waals surface area (Å²) in [5.74, 6) is 0.676. The summed E-state index contributed by atoms with van der Waals surface area (Å²) in [6.45, 7) is 4.27. The third-order valence-electron chi connectivity index (χ3n) is 2.46. The van der Waals surface area contributed by atoms with Crippen molar-refractivity contribution in [1.29, 1.82) is 5.26 Å². The Morgan fingerprint density at radius 2 is 2.31 bits per heavy atom. The fourth-order valence-corrected chi connectivity index (χ4v) is 1.64. The molecule has 0 fully saturated rings. The Bertz CT molecular complexity index is 391. The SMILES string of the molecule is CCCC(O)CNc1c(C#N)c(C)nn1C. The highest BCUT2D eigenvalue weighted by atomic mass is 16.3. The van der Waals surface area contributed by atoms with E-state index in [1.54, 1.807) is 18.7 Å². The van der Waals surface area contributed by atoms with Crippen molar-refractivity contribution in [2.45, 2.75) is 32.8 Å². The molecule has 0 radical (unpaired) electrons. The van der Waals surface area contributed by atoms with Crippen LogP contribution in [0.4, 0.5) is 5.82 Å². The van der Waals surface area contributed by atoms with E-state index in [1.807, 2.05) is 6.92 Å². The van der Waals surface area contributed by atoms with Gasteiger partial charge in [-0.25, -0.2) is 0 Å². The van der Waals surface area contributed by atoms with Crippen LogP contribution < -0.4 is 5.32 Å². The summed E-state index contributed by atoms with van der Waals surface area (Å²) in [6, 6.07) is 2.11. The second-order valence-corrected chi connectivity index (χ2v) is 3.87. The molecule has 16 heavy (non-hydrogen) atoms. The van der Waals surface area contributed by atoms with Gasteiger partial charge in [-0.05, 0) is 13.3 Å². The molecule has 0 amide bonds. The fraction of sp³-hybridized carbons (Fsp3) is 0.636. The van der Waals surface area contributed by atoms with Crippen molar-refractivity contribution in [2.24, 2.45) is 7.05 Å². The van der Waals surface area contributed by atoms with Gasteiger partial charge >= 0.3 is 0 Å². The molecule has 1 aromatic heterocycles. The third kappa shape index (κ3) is 2.74. The predicted molar refractivity (Wildman–Crippen MR) is 62.1 cm³/mol. The lowest BCUT2D eigenvalue weighted by molar-refractivity contribution is 0.176. The molecule has 1 unspecified atom stereocenters. The van der Waals surface area contributed by atoms with Gasteiger partial charge < -0.3 is 10.4 Å². The maximum Gasteiger partial charge on any atom is 0.142 e. The highest BCUT2D eigenvalue weighted by Crippen LogP contribution is 2.17. The predicted octanol–water partition coefficient (Wildman–Crippen LogP) is 1.17. The van der Waals surface area contributed by atoms with Crippen LogP contribution in [0.3, 0.4) is 0 Å². The number of anilines is 1. The van der Waals surface area contributed by atoms with E-state index in [1.165, 1.54) is 0 Å². The van der Waals surface area contributed by atoms with Crippen LogP contribution in [-0.4, -0.2) is 27.5 Å². The van der Waals surface area contributed by atoms with Gasteiger partial charge in [0.1, 0.15) is 17.5 Å². The number of rotatable bonds is 5. The van der Waals surface area contributed by atoms with Crippen LogP contribution in [0.5, 0.6) is 0 Å². The van der Waals surface area contributed by atoms with Gasteiger partial charge in [0, 0.05) is 13.6 Å². The molecule has 1 aromatic rings. The van der Waals surface area contributed by atoms with Gasteiger partial charge in [0.05, 0.1) is 11.8 Å². The number of aromatic nitrogens is 2. The van der Waals surface area contributed by atoms with Gasteiger partial charge in [-0.15, -0.1) is 0 Å². The van der Waals surface area contributed by atoms with Crippen molar-refractivity contribution in [2.75, 3.05) is 11.9 Å². The second-order valence-electron chi connectivity index (χ2n) is 3.87. The van der Waals surface area contributed by atoms with Crippen LogP contribution in [0.25, 0.3) is 0 Å². The summed E-state index contributed by atoms with van der Waals surface area (Å²) in [6.07, 6.45) is 1.32. The minimum Gasteiger partial charge on any atom is -0.391 e. The lowest BCUT2D eigenvalue weighted by Crippen LogP contribution is -2.20. The van der Waals surface area contributed by atoms with Crippen molar-refractivity contribution in [1.82, 2.24) is 9.78 Å². The maximum atomic E-state index is 9.60. The van der Waals surface area contributed by atoms with E-state index in [0.29, 0.717) is 23.6 Å². The van der Waals surface area contributed by atoms with Gasteiger partial charge in [0.25, 0.3) is 0 Å². The molecular formula is C11H18N4O. The Labute approximate surface area is 95.7 Å². The van der Waals surface area contributed by atoms with Crippen molar-refractivity contribution < 1.29 is 5.11 Å². The van der Waals surface area contributed by atoms with Crippen molar-refractivity contribution >= 4 is 5.82 Å². The van der Waals surface area contributed by atoms with Gasteiger partial charge in [-0.3, -0.25) is 4.68 Å². The summed E-state index contributed by atoms with van der Waals surface area (Å²) < 4.78 is 1.63. The summed E-state index contributed by atoms with van der Waals surface area (Å²) in [5, 5.41) is 25.8. The average Bonchev–Trinajstić information content (AvgIpc) is 2.50. The van der Waals surface area contributed by atoms with Gasteiger partial charge in [-0.2, -0.15) is 10.4 Å². The zero-order chi connectivity index (χ0) is 12.1. The number of aryl methyl sites for hydroxylation is 2. The zero-order valence-corrected chi connectivity index (χ0v) is 9.99. The number of aliphatic hydroxyl groups is 1. The quantitative estimate of drug-likeness (QED) is 0.784. The summed E-state index contributed by atoms with van der Waals surface area (Å²) in [4.78, 5) is 0. The Balaban J connectivity index is 2.70. The summed E-state index contributed by atoms with van der Waals surface area (Å²) in [5.41, 5.74) is 1.25. The molecule has 0 bridgehead atoms. The van der Waals surface area contributed by atoms with Crippen LogP contribution in [-0.2, 0) is 7.05 Å². The Morgan fingerprint density at radius 3 is 2.88 bits per heavy atom. The van der Waals surface area contributed by atoms with E-state index in [-0.39, 0.29) is 6.10 Å².